The fourth-order valence-electron chi connectivity index (χ4n) is 3.97. The number of rotatable bonds is 7. The molecule has 0 aromatic heterocycles. The molecule has 0 spiro atoms. The summed E-state index contributed by atoms with van der Waals surface area (Å²) in [6, 6.07) is 9.58. The maximum Gasteiger partial charge on any atom is 0.0292 e. The first kappa shape index (κ1) is 16.5. The minimum absolute atomic E-state index is 0.459. The second kappa shape index (κ2) is 7.45. The Morgan fingerprint density at radius 1 is 1.05 bits per heavy atom. The Morgan fingerprint density at radius 2 is 1.67 bits per heavy atom. The highest BCUT2D eigenvalue weighted by molar-refractivity contribution is 5.24. The summed E-state index contributed by atoms with van der Waals surface area (Å²) in [5.74, 6) is 0.809. The molecule has 21 heavy (non-hydrogen) atoms. The van der Waals surface area contributed by atoms with Crippen LogP contribution in [0.3, 0.4) is 0 Å². The lowest BCUT2D eigenvalue weighted by Crippen LogP contribution is -2.34. The smallest absolute Gasteiger partial charge is 0.0292 e. The Hall–Kier alpha value is -0.820. The molecule has 0 aliphatic heterocycles. The predicted octanol–water partition coefficient (Wildman–Crippen LogP) is 5.51. The summed E-state index contributed by atoms with van der Waals surface area (Å²) in [6.45, 7) is 10.4. The van der Waals surface area contributed by atoms with Gasteiger partial charge >= 0.3 is 0 Å². The molecule has 1 N–H and O–H groups in total. The maximum atomic E-state index is 3.82. The van der Waals surface area contributed by atoms with Gasteiger partial charge in [0.05, 0.1) is 0 Å². The molecule has 1 saturated carbocycles. The molecule has 1 fully saturated rings. The van der Waals surface area contributed by atoms with Gasteiger partial charge in [-0.05, 0) is 55.1 Å². The van der Waals surface area contributed by atoms with Crippen molar-refractivity contribution in [3.63, 3.8) is 0 Å². The summed E-state index contributed by atoms with van der Waals surface area (Å²) in [5, 5.41) is 3.82. The third-order valence-electron chi connectivity index (χ3n) is 5.18. The van der Waals surface area contributed by atoms with Gasteiger partial charge in [-0.15, -0.1) is 0 Å². The van der Waals surface area contributed by atoms with Crippen LogP contribution in [0.1, 0.15) is 77.0 Å². The van der Waals surface area contributed by atoms with Crippen molar-refractivity contribution in [2.24, 2.45) is 11.3 Å². The number of hydrogen-bond acceptors (Lipinski definition) is 1. The van der Waals surface area contributed by atoms with Crippen molar-refractivity contribution in [1.29, 1.82) is 0 Å². The van der Waals surface area contributed by atoms with Crippen molar-refractivity contribution in [1.82, 2.24) is 5.32 Å². The first-order valence-corrected chi connectivity index (χ1v) is 8.87. The molecule has 0 bridgehead atoms. The van der Waals surface area contributed by atoms with Gasteiger partial charge in [-0.2, -0.15) is 0 Å². The first-order valence-electron chi connectivity index (χ1n) is 8.87. The average molecular weight is 287 g/mol. The van der Waals surface area contributed by atoms with E-state index in [-0.39, 0.29) is 0 Å². The zero-order chi connectivity index (χ0) is 15.3. The second-order valence-electron chi connectivity index (χ2n) is 7.50. The molecule has 1 heteroatoms. The van der Waals surface area contributed by atoms with E-state index in [1.807, 2.05) is 0 Å². The molecule has 1 aromatic carbocycles. The van der Waals surface area contributed by atoms with E-state index in [1.54, 1.807) is 0 Å². The van der Waals surface area contributed by atoms with Gasteiger partial charge in [0.1, 0.15) is 0 Å². The van der Waals surface area contributed by atoms with E-state index in [1.165, 1.54) is 49.8 Å². The molecule has 1 unspecified atom stereocenters. The Kier molecular flexibility index (Phi) is 5.87. The summed E-state index contributed by atoms with van der Waals surface area (Å²) in [7, 11) is 0. The van der Waals surface area contributed by atoms with Crippen LogP contribution in [-0.2, 0) is 6.42 Å². The van der Waals surface area contributed by atoms with E-state index in [0.29, 0.717) is 11.5 Å². The molecular formula is C20H33N. The monoisotopic (exact) mass is 287 g/mol. The zero-order valence-corrected chi connectivity index (χ0v) is 14.4. The Balaban J connectivity index is 1.93. The van der Waals surface area contributed by atoms with E-state index in [4.69, 9.17) is 0 Å². The van der Waals surface area contributed by atoms with Gasteiger partial charge in [-0.3, -0.25) is 0 Å². The van der Waals surface area contributed by atoms with E-state index in [0.717, 1.165) is 12.3 Å². The van der Waals surface area contributed by atoms with Crippen LogP contribution >= 0.6 is 0 Å². The van der Waals surface area contributed by atoms with E-state index < -0.39 is 0 Å². The van der Waals surface area contributed by atoms with Gasteiger partial charge < -0.3 is 5.32 Å². The topological polar surface area (TPSA) is 12.0 Å². The van der Waals surface area contributed by atoms with Crippen molar-refractivity contribution >= 4 is 0 Å². The van der Waals surface area contributed by atoms with Crippen LogP contribution in [0.4, 0.5) is 0 Å². The Morgan fingerprint density at radius 3 is 2.19 bits per heavy atom. The van der Waals surface area contributed by atoms with Crippen LogP contribution in [-0.4, -0.2) is 6.54 Å². The molecule has 1 aromatic rings. The van der Waals surface area contributed by atoms with Crippen molar-refractivity contribution in [2.45, 2.75) is 72.3 Å². The number of hydrogen-bond donors (Lipinski definition) is 1. The zero-order valence-electron chi connectivity index (χ0n) is 14.4. The molecule has 0 saturated heterocycles. The summed E-state index contributed by atoms with van der Waals surface area (Å²) in [6.07, 6.45) is 8.18. The van der Waals surface area contributed by atoms with Gasteiger partial charge in [-0.25, -0.2) is 0 Å². The van der Waals surface area contributed by atoms with Gasteiger partial charge in [0.25, 0.3) is 0 Å². The minimum atomic E-state index is 0.459. The number of nitrogens with one attached hydrogen (secondary N) is 1. The van der Waals surface area contributed by atoms with Crippen molar-refractivity contribution in [2.75, 3.05) is 6.54 Å². The van der Waals surface area contributed by atoms with Crippen LogP contribution in [0.5, 0.6) is 0 Å². The average Bonchev–Trinajstić information content (AvgIpc) is 2.93. The Labute approximate surface area is 131 Å². The van der Waals surface area contributed by atoms with Crippen LogP contribution in [0.2, 0.25) is 0 Å². The van der Waals surface area contributed by atoms with Crippen LogP contribution in [0.15, 0.2) is 24.3 Å². The third kappa shape index (κ3) is 4.57. The predicted molar refractivity (Wildman–Crippen MR) is 92.6 cm³/mol. The first-order chi connectivity index (χ1) is 10.0. The quantitative estimate of drug-likeness (QED) is 0.697. The van der Waals surface area contributed by atoms with Crippen molar-refractivity contribution in [3.8, 4) is 0 Å². The van der Waals surface area contributed by atoms with Crippen LogP contribution in [0.25, 0.3) is 0 Å². The van der Waals surface area contributed by atoms with Gasteiger partial charge in [0.15, 0.2) is 0 Å². The minimum Gasteiger partial charge on any atom is -0.310 e. The Bertz CT molecular complexity index is 412. The molecule has 0 amide bonds. The SMILES string of the molecule is CCc1ccc(C(C)NCC2(CC(C)C)CCCC2)cc1. The largest absolute Gasteiger partial charge is 0.310 e. The lowest BCUT2D eigenvalue weighted by Gasteiger charge is -2.33. The lowest BCUT2D eigenvalue weighted by molar-refractivity contribution is 0.217. The summed E-state index contributed by atoms with van der Waals surface area (Å²) >= 11 is 0. The summed E-state index contributed by atoms with van der Waals surface area (Å²) < 4.78 is 0. The molecular weight excluding hydrogens is 254 g/mol. The fourth-order valence-corrected chi connectivity index (χ4v) is 3.97. The molecule has 1 aliphatic rings. The lowest BCUT2D eigenvalue weighted by atomic mass is 9.78. The molecule has 118 valence electrons. The second-order valence-corrected chi connectivity index (χ2v) is 7.50. The van der Waals surface area contributed by atoms with E-state index in [9.17, 15) is 0 Å². The highest BCUT2D eigenvalue weighted by Gasteiger charge is 2.34. The molecule has 1 atom stereocenters. The van der Waals surface area contributed by atoms with Crippen LogP contribution in [0, 0.1) is 11.3 Å². The normalized spacial score (nSPS) is 19.1. The standard InChI is InChI=1S/C20H33N/c1-5-18-8-10-19(11-9-18)17(4)21-15-20(14-16(2)3)12-6-7-13-20/h8-11,16-17,21H,5-7,12-15H2,1-4H3. The maximum absolute atomic E-state index is 3.82. The molecule has 0 heterocycles. The summed E-state index contributed by atoms with van der Waals surface area (Å²) in [5.41, 5.74) is 3.41. The van der Waals surface area contributed by atoms with Crippen LogP contribution < -0.4 is 5.32 Å². The van der Waals surface area contributed by atoms with Crippen molar-refractivity contribution < 1.29 is 0 Å². The molecule has 0 radical (unpaired) electrons. The van der Waals surface area contributed by atoms with E-state index in [2.05, 4.69) is 57.3 Å². The summed E-state index contributed by atoms with van der Waals surface area (Å²) in [4.78, 5) is 0. The number of aryl methyl sites for hydroxylation is 1. The van der Waals surface area contributed by atoms with Gasteiger partial charge in [0, 0.05) is 12.6 Å². The van der Waals surface area contributed by atoms with Gasteiger partial charge in [-0.1, -0.05) is 57.9 Å². The third-order valence-corrected chi connectivity index (χ3v) is 5.18. The molecule has 1 nitrogen and oxygen atoms in total. The molecule has 2 rings (SSSR count). The molecule has 1 aliphatic carbocycles. The fraction of sp³-hybridized carbons (Fsp3) is 0.700. The van der Waals surface area contributed by atoms with Crippen molar-refractivity contribution in [3.05, 3.63) is 35.4 Å². The highest BCUT2D eigenvalue weighted by Crippen LogP contribution is 2.42. The number of benzene rings is 1. The van der Waals surface area contributed by atoms with Gasteiger partial charge in [0.2, 0.25) is 0 Å². The highest BCUT2D eigenvalue weighted by atomic mass is 14.9. The van der Waals surface area contributed by atoms with E-state index >= 15 is 0 Å².